The van der Waals surface area contributed by atoms with Crippen molar-refractivity contribution in [1.29, 1.82) is 0 Å². The summed E-state index contributed by atoms with van der Waals surface area (Å²) in [4.78, 5) is 24.7. The monoisotopic (exact) mass is 438 g/mol. The summed E-state index contributed by atoms with van der Waals surface area (Å²) in [7, 11) is 0. The van der Waals surface area contributed by atoms with Gasteiger partial charge in [0.2, 0.25) is 5.91 Å². The highest BCUT2D eigenvalue weighted by Crippen LogP contribution is 2.29. The van der Waals surface area contributed by atoms with Crippen LogP contribution in [0.3, 0.4) is 0 Å². The summed E-state index contributed by atoms with van der Waals surface area (Å²) in [6.07, 6.45) is 6.78. The Balaban J connectivity index is 1.64. The number of amides is 1. The molecule has 1 N–H and O–H groups in total. The highest BCUT2D eigenvalue weighted by molar-refractivity contribution is 5.92. The summed E-state index contributed by atoms with van der Waals surface area (Å²) in [5.41, 5.74) is 3.76. The van der Waals surface area contributed by atoms with E-state index in [9.17, 15) is 9.59 Å². The Kier molecular flexibility index (Phi) is 8.66. The minimum absolute atomic E-state index is 0.0353. The molecule has 7 nitrogen and oxygen atoms in total. The summed E-state index contributed by atoms with van der Waals surface area (Å²) in [6, 6.07) is 11.9. The number of hydrogen-bond donors (Lipinski definition) is 1. The van der Waals surface area contributed by atoms with Gasteiger partial charge in [0, 0.05) is 5.92 Å². The summed E-state index contributed by atoms with van der Waals surface area (Å²) < 4.78 is 16.6. The van der Waals surface area contributed by atoms with Crippen molar-refractivity contribution in [3.05, 3.63) is 53.6 Å². The van der Waals surface area contributed by atoms with Gasteiger partial charge in [-0.3, -0.25) is 4.79 Å². The minimum Gasteiger partial charge on any atom is -0.494 e. The largest absolute Gasteiger partial charge is 0.494 e. The number of hydrazone groups is 1. The van der Waals surface area contributed by atoms with E-state index < -0.39 is 5.97 Å². The number of esters is 1. The predicted molar refractivity (Wildman–Crippen MR) is 122 cm³/mol. The van der Waals surface area contributed by atoms with Gasteiger partial charge in [0.15, 0.2) is 11.5 Å². The normalized spacial score (nSPS) is 14.2. The minimum atomic E-state index is -0.491. The highest BCUT2D eigenvalue weighted by Gasteiger charge is 2.20. The van der Waals surface area contributed by atoms with E-state index in [4.69, 9.17) is 14.2 Å². The van der Waals surface area contributed by atoms with Gasteiger partial charge in [0.25, 0.3) is 0 Å². The summed E-state index contributed by atoms with van der Waals surface area (Å²) in [5, 5.41) is 4.08. The topological polar surface area (TPSA) is 86.2 Å². The Morgan fingerprint density at radius 1 is 0.969 bits per heavy atom. The molecule has 0 aliphatic heterocycles. The molecule has 3 rings (SSSR count). The van der Waals surface area contributed by atoms with Crippen LogP contribution in [0.15, 0.2) is 47.6 Å². The van der Waals surface area contributed by atoms with Gasteiger partial charge in [-0.05, 0) is 74.7 Å². The maximum Gasteiger partial charge on any atom is 0.343 e. The van der Waals surface area contributed by atoms with Crippen LogP contribution in [0.25, 0.3) is 0 Å². The van der Waals surface area contributed by atoms with Crippen molar-refractivity contribution < 1.29 is 23.8 Å². The van der Waals surface area contributed by atoms with E-state index >= 15 is 0 Å². The Bertz CT molecular complexity index is 934. The van der Waals surface area contributed by atoms with E-state index in [1.807, 2.05) is 13.8 Å². The molecule has 0 heterocycles. The van der Waals surface area contributed by atoms with Crippen molar-refractivity contribution >= 4 is 18.1 Å². The molecule has 0 radical (unpaired) electrons. The number of ether oxygens (including phenoxy) is 3. The van der Waals surface area contributed by atoms with E-state index in [0.717, 1.165) is 31.2 Å². The van der Waals surface area contributed by atoms with Crippen molar-refractivity contribution in [3.8, 4) is 17.2 Å². The van der Waals surface area contributed by atoms with Crippen LogP contribution in [-0.2, 0) is 4.79 Å². The van der Waals surface area contributed by atoms with Crippen LogP contribution >= 0.6 is 0 Å². The average Bonchev–Trinajstić information content (AvgIpc) is 2.82. The smallest absolute Gasteiger partial charge is 0.343 e. The Labute approximate surface area is 188 Å². The third-order valence-electron chi connectivity index (χ3n) is 5.24. The van der Waals surface area contributed by atoms with E-state index in [2.05, 4.69) is 10.5 Å². The van der Waals surface area contributed by atoms with Crippen LogP contribution in [0.4, 0.5) is 0 Å². The van der Waals surface area contributed by atoms with Gasteiger partial charge in [-0.1, -0.05) is 19.3 Å². The van der Waals surface area contributed by atoms with Gasteiger partial charge in [0.05, 0.1) is 25.0 Å². The molecule has 1 fully saturated rings. The summed E-state index contributed by atoms with van der Waals surface area (Å²) in [6.45, 7) is 4.72. The molecule has 1 saturated carbocycles. The van der Waals surface area contributed by atoms with Gasteiger partial charge < -0.3 is 14.2 Å². The number of rotatable bonds is 9. The first-order valence-electron chi connectivity index (χ1n) is 11.2. The van der Waals surface area contributed by atoms with Crippen molar-refractivity contribution in [2.75, 3.05) is 13.2 Å². The Morgan fingerprint density at radius 3 is 2.38 bits per heavy atom. The molecule has 170 valence electrons. The van der Waals surface area contributed by atoms with E-state index in [0.29, 0.717) is 36.0 Å². The second-order valence-electron chi connectivity index (χ2n) is 7.56. The van der Waals surface area contributed by atoms with Crippen LogP contribution < -0.4 is 19.6 Å². The maximum absolute atomic E-state index is 12.5. The van der Waals surface area contributed by atoms with Crippen molar-refractivity contribution in [3.63, 3.8) is 0 Å². The average molecular weight is 439 g/mol. The Morgan fingerprint density at radius 2 is 1.69 bits per heavy atom. The van der Waals surface area contributed by atoms with Crippen molar-refractivity contribution in [2.24, 2.45) is 11.0 Å². The molecule has 7 heteroatoms. The van der Waals surface area contributed by atoms with Gasteiger partial charge in [-0.2, -0.15) is 5.10 Å². The zero-order chi connectivity index (χ0) is 22.8. The molecular weight excluding hydrogens is 408 g/mol. The third-order valence-corrected chi connectivity index (χ3v) is 5.24. The number of benzene rings is 2. The van der Waals surface area contributed by atoms with Crippen LogP contribution in [0.1, 0.15) is 61.9 Å². The summed E-state index contributed by atoms with van der Waals surface area (Å²) in [5.74, 6) is 0.952. The van der Waals surface area contributed by atoms with Gasteiger partial charge >= 0.3 is 5.97 Å². The molecule has 0 spiro atoms. The first-order valence-corrected chi connectivity index (χ1v) is 11.2. The molecule has 0 bridgehead atoms. The van der Waals surface area contributed by atoms with Crippen molar-refractivity contribution in [1.82, 2.24) is 5.43 Å². The van der Waals surface area contributed by atoms with E-state index in [-0.39, 0.29) is 11.8 Å². The van der Waals surface area contributed by atoms with E-state index in [1.54, 1.807) is 48.7 Å². The van der Waals surface area contributed by atoms with Gasteiger partial charge in [-0.15, -0.1) is 0 Å². The molecule has 0 unspecified atom stereocenters. The highest BCUT2D eigenvalue weighted by atomic mass is 16.6. The Hall–Kier alpha value is -3.35. The lowest BCUT2D eigenvalue weighted by Crippen LogP contribution is -2.28. The quantitative estimate of drug-likeness (QED) is 0.265. The van der Waals surface area contributed by atoms with Crippen LogP contribution in [-0.4, -0.2) is 31.3 Å². The first kappa shape index (κ1) is 23.3. The van der Waals surface area contributed by atoms with Crippen LogP contribution in [0.2, 0.25) is 0 Å². The SMILES string of the molecule is CCOc1ccc(C(=O)Oc2ccc(/C=N/NC(=O)C3CCCCC3)cc2OCC)cc1. The fourth-order valence-corrected chi connectivity index (χ4v) is 3.60. The lowest BCUT2D eigenvalue weighted by atomic mass is 9.89. The fraction of sp³-hybridized carbons (Fsp3) is 0.400. The number of nitrogens with zero attached hydrogens (tertiary/aromatic N) is 1. The first-order chi connectivity index (χ1) is 15.6. The molecule has 2 aromatic carbocycles. The molecule has 0 saturated heterocycles. The maximum atomic E-state index is 12.5. The zero-order valence-corrected chi connectivity index (χ0v) is 18.6. The van der Waals surface area contributed by atoms with E-state index in [1.165, 1.54) is 6.42 Å². The molecule has 1 aliphatic rings. The standard InChI is InChI=1S/C25H30N2O5/c1-3-30-21-13-11-20(12-14-21)25(29)32-22-15-10-18(16-23(22)31-4-2)17-26-27-24(28)19-8-6-5-7-9-19/h10-17,19H,3-9H2,1-2H3,(H,27,28)/b26-17+. The molecule has 0 atom stereocenters. The number of carbonyl (C=O) groups is 2. The van der Waals surface area contributed by atoms with Crippen LogP contribution in [0.5, 0.6) is 17.2 Å². The molecule has 32 heavy (non-hydrogen) atoms. The molecule has 2 aromatic rings. The lowest BCUT2D eigenvalue weighted by molar-refractivity contribution is -0.125. The second kappa shape index (κ2) is 11.9. The molecule has 0 aromatic heterocycles. The number of nitrogens with one attached hydrogen (secondary N) is 1. The summed E-state index contributed by atoms with van der Waals surface area (Å²) >= 11 is 0. The molecule has 1 aliphatic carbocycles. The van der Waals surface area contributed by atoms with Gasteiger partial charge in [-0.25, -0.2) is 10.2 Å². The van der Waals surface area contributed by atoms with Crippen molar-refractivity contribution in [2.45, 2.75) is 46.0 Å². The fourth-order valence-electron chi connectivity index (χ4n) is 3.60. The predicted octanol–water partition coefficient (Wildman–Crippen LogP) is 4.73. The number of carbonyl (C=O) groups excluding carboxylic acids is 2. The molecule has 1 amide bonds. The second-order valence-corrected chi connectivity index (χ2v) is 7.56. The molecular formula is C25H30N2O5. The third kappa shape index (κ3) is 6.57. The van der Waals surface area contributed by atoms with Gasteiger partial charge in [0.1, 0.15) is 5.75 Å². The van der Waals surface area contributed by atoms with Crippen LogP contribution in [0, 0.1) is 5.92 Å². The zero-order valence-electron chi connectivity index (χ0n) is 18.6. The lowest BCUT2D eigenvalue weighted by Gasteiger charge is -2.19. The number of hydrogen-bond acceptors (Lipinski definition) is 6.